The summed E-state index contributed by atoms with van der Waals surface area (Å²) in [5, 5.41) is 14.9. The minimum absolute atomic E-state index is 0.107. The summed E-state index contributed by atoms with van der Waals surface area (Å²) in [5.74, 6) is -0.683. The van der Waals surface area contributed by atoms with Crippen molar-refractivity contribution in [2.45, 2.75) is 63.6 Å². The fraction of sp³-hybridized carbons (Fsp3) is 0.425. The molecule has 0 spiro atoms. The second kappa shape index (κ2) is 15.2. The summed E-state index contributed by atoms with van der Waals surface area (Å²) in [6, 6.07) is 10.6. The first kappa shape index (κ1) is 36.7. The van der Waals surface area contributed by atoms with E-state index < -0.39 is 30.9 Å². The number of nitrogens with zero attached hydrogens (tertiary/aromatic N) is 8. The van der Waals surface area contributed by atoms with E-state index in [1.807, 2.05) is 23.0 Å². The van der Waals surface area contributed by atoms with Crippen LogP contribution in [0.3, 0.4) is 0 Å². The Bertz CT molecular complexity index is 2360. The van der Waals surface area contributed by atoms with Gasteiger partial charge in [-0.3, -0.25) is 34.1 Å². The lowest BCUT2D eigenvalue weighted by Gasteiger charge is -2.39. The maximum atomic E-state index is 13.4. The average Bonchev–Trinajstić information content (AvgIpc) is 3.92. The first-order valence-electron chi connectivity index (χ1n) is 19.5. The summed E-state index contributed by atoms with van der Waals surface area (Å²) >= 11 is 0. The van der Waals surface area contributed by atoms with Crippen molar-refractivity contribution in [3.05, 3.63) is 77.9 Å². The molecule has 1 atom stereocenters. The van der Waals surface area contributed by atoms with E-state index >= 15 is 0 Å². The Balaban J connectivity index is 0.794. The Hall–Kier alpha value is -5.97. The molecule has 2 N–H and O–H groups in total. The lowest BCUT2D eigenvalue weighted by molar-refractivity contribution is -0.136. The standard InChI is InChI=1S/C40H42F2N10O5/c41-35(42)23-57-34-18-31-26(16-32(34)45-38(54)30-19-44-51-11-1-10-43-37(30)51)22-52(47-31)27-5-2-24(3-6-27)20-48-12-14-49(15-13-48)28-7-4-25-21-50(40(56)29(25)17-28)33-8-9-36(53)46-39(33)55/h1,4,7,10-11,16-19,22,24,27,33,35H,2-3,5-6,8-9,12-15,20-21,23H2,(H,45,54)(H,46,53,55)/t24-,27-,33?. The number of carbonyl (C=O) groups is 4. The number of carbonyl (C=O) groups excluding carboxylic acids is 4. The number of halogens is 2. The monoisotopic (exact) mass is 780 g/mol. The van der Waals surface area contributed by atoms with Gasteiger partial charge >= 0.3 is 0 Å². The van der Waals surface area contributed by atoms with E-state index in [1.165, 1.54) is 10.7 Å². The molecule has 17 heteroatoms. The summed E-state index contributed by atoms with van der Waals surface area (Å²) in [4.78, 5) is 61.4. The Morgan fingerprint density at radius 2 is 1.84 bits per heavy atom. The first-order chi connectivity index (χ1) is 27.7. The largest absolute Gasteiger partial charge is 0.485 e. The molecule has 1 unspecified atom stereocenters. The molecule has 3 fully saturated rings. The Morgan fingerprint density at radius 1 is 1.02 bits per heavy atom. The molecule has 5 aromatic rings. The second-order valence-corrected chi connectivity index (χ2v) is 15.3. The van der Waals surface area contributed by atoms with E-state index in [0.717, 1.165) is 75.0 Å². The van der Waals surface area contributed by atoms with E-state index in [1.54, 1.807) is 35.5 Å². The van der Waals surface area contributed by atoms with Crippen LogP contribution in [0.5, 0.6) is 5.75 Å². The summed E-state index contributed by atoms with van der Waals surface area (Å²) in [6.07, 6.45) is 8.49. The van der Waals surface area contributed by atoms with Gasteiger partial charge in [-0.1, -0.05) is 6.07 Å². The van der Waals surface area contributed by atoms with Gasteiger partial charge in [0.1, 0.15) is 24.0 Å². The summed E-state index contributed by atoms with van der Waals surface area (Å²) in [7, 11) is 0. The molecule has 9 rings (SSSR count). The number of piperazine rings is 1. The topological polar surface area (TPSA) is 159 Å². The zero-order chi connectivity index (χ0) is 39.2. The van der Waals surface area contributed by atoms with Crippen LogP contribution >= 0.6 is 0 Å². The van der Waals surface area contributed by atoms with Crippen molar-refractivity contribution in [2.24, 2.45) is 5.92 Å². The summed E-state index contributed by atoms with van der Waals surface area (Å²) < 4.78 is 35.3. The molecule has 3 aliphatic heterocycles. The van der Waals surface area contributed by atoms with Crippen LogP contribution in [0.15, 0.2) is 61.2 Å². The van der Waals surface area contributed by atoms with Crippen molar-refractivity contribution >= 4 is 51.6 Å². The zero-order valence-electron chi connectivity index (χ0n) is 31.2. The molecule has 0 bridgehead atoms. The second-order valence-electron chi connectivity index (χ2n) is 15.3. The summed E-state index contributed by atoms with van der Waals surface area (Å²) in [6.45, 7) is 4.09. The van der Waals surface area contributed by atoms with Gasteiger partial charge in [-0.25, -0.2) is 18.3 Å². The molecule has 0 radical (unpaired) electrons. The van der Waals surface area contributed by atoms with Gasteiger partial charge in [0.05, 0.1) is 23.4 Å². The number of hydrogen-bond acceptors (Lipinski definition) is 10. The third kappa shape index (κ3) is 7.38. The highest BCUT2D eigenvalue weighted by Gasteiger charge is 2.39. The van der Waals surface area contributed by atoms with Gasteiger partial charge in [0.2, 0.25) is 11.8 Å². The fourth-order valence-corrected chi connectivity index (χ4v) is 8.69. The number of aromatic nitrogens is 5. The van der Waals surface area contributed by atoms with E-state index in [0.29, 0.717) is 35.6 Å². The molecular formula is C40H42F2N10O5. The smallest absolute Gasteiger partial charge is 0.272 e. The van der Waals surface area contributed by atoms with Crippen LogP contribution in [-0.4, -0.2) is 110 Å². The molecule has 1 aliphatic carbocycles. The van der Waals surface area contributed by atoms with Gasteiger partial charge in [0.15, 0.2) is 5.65 Å². The van der Waals surface area contributed by atoms with E-state index in [4.69, 9.17) is 9.84 Å². The number of rotatable bonds is 10. The molecular weight excluding hydrogens is 739 g/mol. The molecule has 2 saturated heterocycles. The quantitative estimate of drug-likeness (QED) is 0.196. The minimum Gasteiger partial charge on any atom is -0.485 e. The number of hydrogen-bond donors (Lipinski definition) is 2. The van der Waals surface area contributed by atoms with Crippen LogP contribution in [0, 0.1) is 5.92 Å². The van der Waals surface area contributed by atoms with Crippen molar-refractivity contribution in [1.82, 2.24) is 39.5 Å². The lowest BCUT2D eigenvalue weighted by Crippen LogP contribution is -2.52. The van der Waals surface area contributed by atoms with Gasteiger partial charge in [0, 0.05) is 87.0 Å². The third-order valence-electron chi connectivity index (χ3n) is 11.7. The van der Waals surface area contributed by atoms with Crippen LogP contribution in [0.25, 0.3) is 16.6 Å². The SMILES string of the molecule is O=C1CCC(N2Cc3ccc(N4CCN(C[C@H]5CC[C@H](n6cc7cc(NC(=O)c8cnn9cccnc89)c(OCC(F)F)cc7n6)CC5)CC4)cc3C2=O)C(=O)N1. The van der Waals surface area contributed by atoms with Gasteiger partial charge < -0.3 is 19.9 Å². The minimum atomic E-state index is -2.69. The Kier molecular flexibility index (Phi) is 9.76. The predicted molar refractivity (Wildman–Crippen MR) is 204 cm³/mol. The van der Waals surface area contributed by atoms with E-state index in [2.05, 4.69) is 36.6 Å². The van der Waals surface area contributed by atoms with Crippen LogP contribution in [0.4, 0.5) is 20.2 Å². The van der Waals surface area contributed by atoms with E-state index in [9.17, 15) is 28.0 Å². The molecule has 4 aliphatic rings. The molecule has 57 heavy (non-hydrogen) atoms. The van der Waals surface area contributed by atoms with Crippen LogP contribution in [0.1, 0.15) is 70.8 Å². The number of benzene rings is 2. The number of nitrogens with one attached hydrogen (secondary N) is 2. The molecule has 6 heterocycles. The van der Waals surface area contributed by atoms with Gasteiger partial charge in [-0.2, -0.15) is 10.2 Å². The maximum Gasteiger partial charge on any atom is 0.272 e. The maximum absolute atomic E-state index is 13.4. The molecule has 2 aromatic carbocycles. The number of ether oxygens (including phenoxy) is 1. The molecule has 1 saturated carbocycles. The number of amides is 4. The number of fused-ring (bicyclic) bond motifs is 3. The van der Waals surface area contributed by atoms with Gasteiger partial charge in [-0.15, -0.1) is 0 Å². The highest BCUT2D eigenvalue weighted by atomic mass is 19.3. The van der Waals surface area contributed by atoms with Crippen molar-refractivity contribution in [3.8, 4) is 5.75 Å². The number of alkyl halides is 2. The normalized spacial score (nSPS) is 21.7. The highest BCUT2D eigenvalue weighted by Crippen LogP contribution is 2.37. The van der Waals surface area contributed by atoms with E-state index in [-0.39, 0.29) is 41.3 Å². The van der Waals surface area contributed by atoms with Crippen LogP contribution in [-0.2, 0) is 16.1 Å². The number of imide groups is 1. The van der Waals surface area contributed by atoms with Crippen molar-refractivity contribution < 1.29 is 32.7 Å². The predicted octanol–water partition coefficient (Wildman–Crippen LogP) is 4.29. The van der Waals surface area contributed by atoms with Crippen molar-refractivity contribution in [1.29, 1.82) is 0 Å². The molecule has 3 aromatic heterocycles. The number of anilines is 2. The molecule has 4 amide bonds. The van der Waals surface area contributed by atoms with Crippen LogP contribution < -0.4 is 20.3 Å². The molecule has 296 valence electrons. The fourth-order valence-electron chi connectivity index (χ4n) is 8.69. The number of piperidine rings is 1. The van der Waals surface area contributed by atoms with Gasteiger partial charge in [-0.05, 0) is 67.9 Å². The van der Waals surface area contributed by atoms with Crippen LogP contribution in [0.2, 0.25) is 0 Å². The average molecular weight is 781 g/mol. The first-order valence-corrected chi connectivity index (χ1v) is 19.5. The van der Waals surface area contributed by atoms with Gasteiger partial charge in [0.25, 0.3) is 18.2 Å². The van der Waals surface area contributed by atoms with Crippen molar-refractivity contribution in [3.63, 3.8) is 0 Å². The third-order valence-corrected chi connectivity index (χ3v) is 11.7. The lowest BCUT2D eigenvalue weighted by atomic mass is 9.85. The van der Waals surface area contributed by atoms with Crippen molar-refractivity contribution in [2.75, 3.05) is 49.5 Å². The Morgan fingerprint density at radius 3 is 2.63 bits per heavy atom. The summed E-state index contributed by atoms with van der Waals surface area (Å²) in [5.41, 5.74) is 4.00. The molecule has 15 nitrogen and oxygen atoms in total. The zero-order valence-corrected chi connectivity index (χ0v) is 31.2. The highest BCUT2D eigenvalue weighted by molar-refractivity contribution is 6.09. The Labute approximate surface area is 325 Å².